The Morgan fingerprint density at radius 2 is 1.36 bits per heavy atom. The Bertz CT molecular complexity index is 320. The van der Waals surface area contributed by atoms with Crippen molar-refractivity contribution in [2.24, 2.45) is 52.8 Å². The summed E-state index contributed by atoms with van der Waals surface area (Å²) in [6.07, 6.45) is 0. The van der Waals surface area contributed by atoms with Crippen molar-refractivity contribution < 1.29 is 0 Å². The summed E-state index contributed by atoms with van der Waals surface area (Å²) >= 11 is 0. The summed E-state index contributed by atoms with van der Waals surface area (Å²) in [7, 11) is 12.9. The summed E-state index contributed by atoms with van der Waals surface area (Å²) in [5.41, 5.74) is 0.440. The molecule has 14 heavy (non-hydrogen) atoms. The van der Waals surface area contributed by atoms with Crippen LogP contribution < -0.4 is 0 Å². The van der Waals surface area contributed by atoms with Gasteiger partial charge in [0, 0.05) is 0 Å². The Morgan fingerprint density at radius 3 is 1.71 bits per heavy atom. The molecule has 0 N–H and O–H groups in total. The van der Waals surface area contributed by atoms with E-state index >= 15 is 0 Å². The fourth-order valence-electron chi connectivity index (χ4n) is 6.80. The molecular formula is C12H14B2. The fourth-order valence-corrected chi connectivity index (χ4v) is 6.80. The third kappa shape index (κ3) is 0.314. The minimum atomic E-state index is -0.359. The van der Waals surface area contributed by atoms with Crippen LogP contribution >= 0.6 is 0 Å². The number of rotatable bonds is 2. The molecule has 0 bridgehead atoms. The molecular weight excluding hydrogens is 166 g/mol. The molecule has 6 aliphatic carbocycles. The highest BCUT2D eigenvalue weighted by molar-refractivity contribution is 6.41. The molecule has 6 rings (SSSR count). The summed E-state index contributed by atoms with van der Waals surface area (Å²) in [5, 5.41) is -0.359. The predicted octanol–water partition coefficient (Wildman–Crippen LogP) is 1.46. The highest BCUT2D eigenvalue weighted by atomic mass is 15.1. The summed E-state index contributed by atoms with van der Waals surface area (Å²) in [5.74, 6) is 7.83. The second-order valence-electron chi connectivity index (χ2n) is 6.91. The largest absolute Gasteiger partial charge is 0.0905 e. The molecule has 0 nitrogen and oxygen atoms in total. The monoisotopic (exact) mass is 180 g/mol. The SMILES string of the molecule is [B]C([B])(C(C)C)C12C3C4C5C3C1C5C42. The van der Waals surface area contributed by atoms with Gasteiger partial charge in [0.1, 0.15) is 0 Å². The van der Waals surface area contributed by atoms with Crippen molar-refractivity contribution in [1.82, 2.24) is 0 Å². The summed E-state index contributed by atoms with van der Waals surface area (Å²) in [6, 6.07) is 0. The lowest BCUT2D eigenvalue weighted by Crippen LogP contribution is -3.07. The third-order valence-electron chi connectivity index (χ3n) is 7.18. The van der Waals surface area contributed by atoms with Gasteiger partial charge in [-0.25, -0.2) is 0 Å². The van der Waals surface area contributed by atoms with Gasteiger partial charge in [0.05, 0.1) is 15.7 Å². The van der Waals surface area contributed by atoms with Crippen LogP contribution in [0.5, 0.6) is 0 Å². The smallest absolute Gasteiger partial charge is 0.0631 e. The summed E-state index contributed by atoms with van der Waals surface area (Å²) < 4.78 is 0. The van der Waals surface area contributed by atoms with Crippen LogP contribution in [0.2, 0.25) is 5.21 Å². The van der Waals surface area contributed by atoms with Crippen LogP contribution in [0, 0.1) is 52.8 Å². The number of hydrogen-bond acceptors (Lipinski definition) is 0. The van der Waals surface area contributed by atoms with Crippen molar-refractivity contribution in [3.63, 3.8) is 0 Å². The van der Waals surface area contributed by atoms with Gasteiger partial charge in [-0.3, -0.25) is 0 Å². The van der Waals surface area contributed by atoms with Gasteiger partial charge in [0.2, 0.25) is 0 Å². The zero-order chi connectivity index (χ0) is 9.62. The van der Waals surface area contributed by atoms with E-state index in [9.17, 15) is 0 Å². The van der Waals surface area contributed by atoms with E-state index in [1.54, 1.807) is 0 Å². The standard InChI is InChI=1S/C12H14B2/c1-3(2)12(13,14)11-8-5-4-6(8)10(11)7(4)9(5)11/h3-10H,1-2H3. The zero-order valence-electron chi connectivity index (χ0n) is 8.77. The Kier molecular flexibility index (Phi) is 0.783. The predicted molar refractivity (Wildman–Crippen MR) is 55.9 cm³/mol. The average molecular weight is 180 g/mol. The van der Waals surface area contributed by atoms with E-state index in [0.29, 0.717) is 11.3 Å². The molecule has 4 radical (unpaired) electrons. The van der Waals surface area contributed by atoms with Crippen molar-refractivity contribution in [3.8, 4) is 0 Å². The van der Waals surface area contributed by atoms with Gasteiger partial charge in [-0.1, -0.05) is 25.0 Å². The second kappa shape index (κ2) is 1.48. The molecule has 6 aliphatic rings. The zero-order valence-corrected chi connectivity index (χ0v) is 8.77. The van der Waals surface area contributed by atoms with Gasteiger partial charge in [-0.2, -0.15) is 0 Å². The normalized spacial score (nSPS) is 73.8. The first-order valence-electron chi connectivity index (χ1n) is 6.14. The first kappa shape index (κ1) is 7.41. The van der Waals surface area contributed by atoms with Crippen LogP contribution in [-0.4, -0.2) is 15.7 Å². The van der Waals surface area contributed by atoms with Crippen molar-refractivity contribution in [2.75, 3.05) is 0 Å². The van der Waals surface area contributed by atoms with E-state index in [2.05, 4.69) is 13.8 Å². The highest BCUT2D eigenvalue weighted by Crippen LogP contribution is 3.09. The van der Waals surface area contributed by atoms with E-state index in [0.717, 1.165) is 35.5 Å². The van der Waals surface area contributed by atoms with Crippen LogP contribution in [0.3, 0.4) is 0 Å². The molecule has 6 saturated carbocycles. The van der Waals surface area contributed by atoms with Gasteiger partial charge >= 0.3 is 0 Å². The second-order valence-corrected chi connectivity index (χ2v) is 6.91. The molecule has 0 atom stereocenters. The van der Waals surface area contributed by atoms with Crippen molar-refractivity contribution in [3.05, 3.63) is 0 Å². The van der Waals surface area contributed by atoms with Crippen LogP contribution in [-0.2, 0) is 0 Å². The van der Waals surface area contributed by atoms with E-state index in [-0.39, 0.29) is 5.21 Å². The molecule has 0 aromatic heterocycles. The molecule has 0 unspecified atom stereocenters. The van der Waals surface area contributed by atoms with Gasteiger partial charge in [0.25, 0.3) is 0 Å². The van der Waals surface area contributed by atoms with E-state index in [4.69, 9.17) is 15.7 Å². The molecule has 0 amide bonds. The minimum Gasteiger partial charge on any atom is -0.0905 e. The topological polar surface area (TPSA) is 0 Å². The maximum Gasteiger partial charge on any atom is 0.0631 e. The van der Waals surface area contributed by atoms with E-state index < -0.39 is 0 Å². The van der Waals surface area contributed by atoms with Crippen LogP contribution in [0.4, 0.5) is 0 Å². The summed E-state index contributed by atoms with van der Waals surface area (Å²) in [4.78, 5) is 0. The Labute approximate surface area is 88.0 Å². The average Bonchev–Trinajstić information content (AvgIpc) is 2.18. The maximum absolute atomic E-state index is 6.43. The third-order valence-corrected chi connectivity index (χ3v) is 7.18. The van der Waals surface area contributed by atoms with Crippen molar-refractivity contribution >= 4 is 15.7 Å². The lowest BCUT2D eigenvalue weighted by atomic mass is 8.92. The molecule has 6 fully saturated rings. The van der Waals surface area contributed by atoms with Gasteiger partial charge in [-0.05, 0) is 46.8 Å². The van der Waals surface area contributed by atoms with Gasteiger partial charge in [-0.15, -0.1) is 0 Å². The molecule has 0 aromatic rings. The molecule has 68 valence electrons. The van der Waals surface area contributed by atoms with Crippen LogP contribution in [0.1, 0.15) is 13.8 Å². The molecule has 2 heteroatoms. The van der Waals surface area contributed by atoms with Crippen LogP contribution in [0.25, 0.3) is 0 Å². The van der Waals surface area contributed by atoms with Gasteiger partial charge < -0.3 is 0 Å². The van der Waals surface area contributed by atoms with Crippen LogP contribution in [0.15, 0.2) is 0 Å². The minimum absolute atomic E-state index is 0.359. The quantitative estimate of drug-likeness (QED) is 0.564. The molecule has 0 heterocycles. The molecule has 0 spiro atoms. The Hall–Kier alpha value is 0.130. The van der Waals surface area contributed by atoms with E-state index in [1.165, 1.54) is 5.92 Å². The first-order valence-corrected chi connectivity index (χ1v) is 6.14. The Balaban J connectivity index is 1.63. The number of hydrogen-bond donors (Lipinski definition) is 0. The first-order chi connectivity index (χ1) is 6.56. The van der Waals surface area contributed by atoms with E-state index in [1.807, 2.05) is 0 Å². The Morgan fingerprint density at radius 1 is 0.929 bits per heavy atom. The van der Waals surface area contributed by atoms with Crippen molar-refractivity contribution in [1.29, 1.82) is 0 Å². The molecule has 0 aromatic carbocycles. The molecule has 0 saturated heterocycles. The summed E-state index contributed by atoms with van der Waals surface area (Å²) in [6.45, 7) is 4.39. The molecule has 0 aliphatic heterocycles. The lowest BCUT2D eigenvalue weighted by Gasteiger charge is -3.10. The van der Waals surface area contributed by atoms with Gasteiger partial charge in [0.15, 0.2) is 0 Å². The maximum atomic E-state index is 6.43. The highest BCUT2D eigenvalue weighted by Gasteiger charge is 3.05. The lowest BCUT2D eigenvalue weighted by molar-refractivity contribution is -0.619. The van der Waals surface area contributed by atoms with Crippen molar-refractivity contribution in [2.45, 2.75) is 19.1 Å². The fraction of sp³-hybridized carbons (Fsp3) is 1.00.